The number of carbonyl (C=O) groups is 1. The van der Waals surface area contributed by atoms with Gasteiger partial charge in [-0.25, -0.2) is 0 Å². The minimum atomic E-state index is -0.0113. The van der Waals surface area contributed by atoms with Gasteiger partial charge in [-0.1, -0.05) is 32.3 Å². The van der Waals surface area contributed by atoms with Crippen molar-refractivity contribution in [1.82, 2.24) is 4.98 Å². The lowest BCUT2D eigenvalue weighted by Crippen LogP contribution is -2.02. The predicted octanol–water partition coefficient (Wildman–Crippen LogP) is 2.94. The predicted molar refractivity (Wildman–Crippen MR) is 57.2 cm³/mol. The molecule has 0 radical (unpaired) electrons. The van der Waals surface area contributed by atoms with Gasteiger partial charge in [-0.05, 0) is 18.6 Å². The summed E-state index contributed by atoms with van der Waals surface area (Å²) < 4.78 is 0. The molecule has 14 heavy (non-hydrogen) atoms. The van der Waals surface area contributed by atoms with Crippen molar-refractivity contribution in [3.05, 3.63) is 30.1 Å². The summed E-state index contributed by atoms with van der Waals surface area (Å²) in [4.78, 5) is 15.1. The first kappa shape index (κ1) is 10.9. The normalized spacial score (nSPS) is 12.4. The quantitative estimate of drug-likeness (QED) is 0.511. The van der Waals surface area contributed by atoms with E-state index in [0.29, 0.717) is 0 Å². The van der Waals surface area contributed by atoms with Crippen molar-refractivity contribution in [1.29, 1.82) is 0 Å². The molecule has 0 aromatic carbocycles. The van der Waals surface area contributed by atoms with E-state index >= 15 is 0 Å². The molecule has 0 bridgehead atoms. The highest BCUT2D eigenvalue weighted by Gasteiger charge is 2.10. The van der Waals surface area contributed by atoms with Crippen LogP contribution in [0.3, 0.4) is 0 Å². The molecule has 0 amide bonds. The van der Waals surface area contributed by atoms with E-state index in [-0.39, 0.29) is 5.92 Å². The van der Waals surface area contributed by atoms with Gasteiger partial charge in [0, 0.05) is 6.20 Å². The lowest BCUT2D eigenvalue weighted by Gasteiger charge is -2.08. The molecule has 0 saturated heterocycles. The van der Waals surface area contributed by atoms with Crippen LogP contribution in [0.5, 0.6) is 0 Å². The van der Waals surface area contributed by atoms with Gasteiger partial charge in [0.1, 0.15) is 6.29 Å². The Balaban J connectivity index is 2.50. The number of pyridine rings is 1. The highest BCUT2D eigenvalue weighted by Crippen LogP contribution is 2.17. The second-order valence-corrected chi connectivity index (χ2v) is 3.49. The van der Waals surface area contributed by atoms with E-state index in [0.717, 1.165) is 24.8 Å². The fourth-order valence-corrected chi connectivity index (χ4v) is 1.50. The molecule has 1 atom stereocenters. The van der Waals surface area contributed by atoms with E-state index in [2.05, 4.69) is 11.9 Å². The maximum Gasteiger partial charge on any atom is 0.129 e. The Morgan fingerprint density at radius 3 is 2.86 bits per heavy atom. The second kappa shape index (κ2) is 6.30. The smallest absolute Gasteiger partial charge is 0.129 e. The number of nitrogens with zero attached hydrogens (tertiary/aromatic N) is 1. The van der Waals surface area contributed by atoms with Crippen molar-refractivity contribution in [2.75, 3.05) is 0 Å². The van der Waals surface area contributed by atoms with Gasteiger partial charge in [0.25, 0.3) is 0 Å². The van der Waals surface area contributed by atoms with Crippen LogP contribution in [-0.4, -0.2) is 11.3 Å². The maximum atomic E-state index is 10.9. The van der Waals surface area contributed by atoms with Crippen molar-refractivity contribution in [2.24, 2.45) is 0 Å². The number of unbranched alkanes of at least 4 members (excludes halogenated alkanes) is 2. The zero-order valence-corrected chi connectivity index (χ0v) is 8.65. The lowest BCUT2D eigenvalue weighted by molar-refractivity contribution is -0.109. The van der Waals surface area contributed by atoms with E-state index in [1.165, 1.54) is 12.8 Å². The van der Waals surface area contributed by atoms with Crippen LogP contribution in [-0.2, 0) is 4.79 Å². The number of hydrogen-bond acceptors (Lipinski definition) is 2. The Morgan fingerprint density at radius 1 is 1.43 bits per heavy atom. The van der Waals surface area contributed by atoms with Crippen molar-refractivity contribution in [3.8, 4) is 0 Å². The first-order valence-electron chi connectivity index (χ1n) is 5.24. The van der Waals surface area contributed by atoms with Gasteiger partial charge >= 0.3 is 0 Å². The van der Waals surface area contributed by atoms with E-state index in [1.807, 2.05) is 18.2 Å². The molecule has 0 N–H and O–H groups in total. The molecule has 0 aliphatic carbocycles. The molecular weight excluding hydrogens is 174 g/mol. The molecule has 0 saturated carbocycles. The molecule has 0 fully saturated rings. The zero-order valence-electron chi connectivity index (χ0n) is 8.65. The molecule has 1 aromatic heterocycles. The average molecular weight is 191 g/mol. The zero-order chi connectivity index (χ0) is 10.2. The maximum absolute atomic E-state index is 10.9. The van der Waals surface area contributed by atoms with E-state index < -0.39 is 0 Å². The molecule has 2 nitrogen and oxygen atoms in total. The van der Waals surface area contributed by atoms with Gasteiger partial charge in [0.05, 0.1) is 11.6 Å². The van der Waals surface area contributed by atoms with Gasteiger partial charge in [-0.3, -0.25) is 4.98 Å². The van der Waals surface area contributed by atoms with Gasteiger partial charge < -0.3 is 4.79 Å². The third kappa shape index (κ3) is 3.29. The van der Waals surface area contributed by atoms with Gasteiger partial charge in [-0.15, -0.1) is 0 Å². The highest BCUT2D eigenvalue weighted by atomic mass is 16.1. The van der Waals surface area contributed by atoms with Crippen molar-refractivity contribution < 1.29 is 4.79 Å². The molecule has 1 aromatic rings. The summed E-state index contributed by atoms with van der Waals surface area (Å²) >= 11 is 0. The SMILES string of the molecule is CCCCCC(C=O)c1ccccn1. The minimum absolute atomic E-state index is 0.0113. The summed E-state index contributed by atoms with van der Waals surface area (Å²) in [5.74, 6) is -0.0113. The Kier molecular flexibility index (Phi) is 4.90. The molecule has 0 aliphatic rings. The van der Waals surface area contributed by atoms with Crippen LogP contribution in [0.2, 0.25) is 0 Å². The van der Waals surface area contributed by atoms with E-state index in [1.54, 1.807) is 6.20 Å². The van der Waals surface area contributed by atoms with Crippen LogP contribution in [0.1, 0.15) is 44.2 Å². The number of carbonyl (C=O) groups excluding carboxylic acids is 1. The van der Waals surface area contributed by atoms with Crippen LogP contribution in [0.25, 0.3) is 0 Å². The van der Waals surface area contributed by atoms with Crippen molar-refractivity contribution in [3.63, 3.8) is 0 Å². The molecule has 0 spiro atoms. The van der Waals surface area contributed by atoms with Crippen molar-refractivity contribution >= 4 is 6.29 Å². The van der Waals surface area contributed by atoms with Crippen LogP contribution in [0.15, 0.2) is 24.4 Å². The van der Waals surface area contributed by atoms with Gasteiger partial charge in [0.2, 0.25) is 0 Å². The van der Waals surface area contributed by atoms with Crippen molar-refractivity contribution in [2.45, 2.75) is 38.5 Å². The van der Waals surface area contributed by atoms with Gasteiger partial charge in [-0.2, -0.15) is 0 Å². The third-order valence-electron chi connectivity index (χ3n) is 2.35. The van der Waals surface area contributed by atoms with E-state index in [9.17, 15) is 4.79 Å². The first-order chi connectivity index (χ1) is 6.88. The molecule has 76 valence electrons. The molecule has 1 heterocycles. The number of hydrogen-bond donors (Lipinski definition) is 0. The van der Waals surface area contributed by atoms with Crippen LogP contribution in [0.4, 0.5) is 0 Å². The van der Waals surface area contributed by atoms with E-state index in [4.69, 9.17) is 0 Å². The lowest BCUT2D eigenvalue weighted by atomic mass is 9.99. The second-order valence-electron chi connectivity index (χ2n) is 3.49. The standard InChI is InChI=1S/C12H17NO/c1-2-3-4-7-11(10-14)12-8-5-6-9-13-12/h5-6,8-11H,2-4,7H2,1H3. The Hall–Kier alpha value is -1.18. The van der Waals surface area contributed by atoms with Gasteiger partial charge in [0.15, 0.2) is 0 Å². The topological polar surface area (TPSA) is 30.0 Å². The molecule has 0 aliphatic heterocycles. The summed E-state index contributed by atoms with van der Waals surface area (Å²) in [6.07, 6.45) is 7.17. The number of aldehydes is 1. The molecule has 2 heteroatoms. The fourth-order valence-electron chi connectivity index (χ4n) is 1.50. The fraction of sp³-hybridized carbons (Fsp3) is 0.500. The average Bonchev–Trinajstić information content (AvgIpc) is 2.26. The number of aromatic nitrogens is 1. The Morgan fingerprint density at radius 2 is 2.29 bits per heavy atom. The summed E-state index contributed by atoms with van der Waals surface area (Å²) in [7, 11) is 0. The van der Waals surface area contributed by atoms with Crippen LogP contribution >= 0.6 is 0 Å². The summed E-state index contributed by atoms with van der Waals surface area (Å²) in [5.41, 5.74) is 0.901. The number of rotatable bonds is 6. The Labute approximate surface area is 85.4 Å². The minimum Gasteiger partial charge on any atom is -0.303 e. The first-order valence-corrected chi connectivity index (χ1v) is 5.24. The monoisotopic (exact) mass is 191 g/mol. The molecule has 1 rings (SSSR count). The third-order valence-corrected chi connectivity index (χ3v) is 2.35. The highest BCUT2D eigenvalue weighted by molar-refractivity contribution is 5.60. The summed E-state index contributed by atoms with van der Waals surface area (Å²) in [5, 5.41) is 0. The molecular formula is C12H17NO. The summed E-state index contributed by atoms with van der Waals surface area (Å²) in [6.45, 7) is 2.16. The molecule has 1 unspecified atom stereocenters. The van der Waals surface area contributed by atoms with Crippen LogP contribution < -0.4 is 0 Å². The summed E-state index contributed by atoms with van der Waals surface area (Å²) in [6, 6.07) is 5.72. The Bertz CT molecular complexity index is 258. The largest absolute Gasteiger partial charge is 0.303 e. The van der Waals surface area contributed by atoms with Crippen LogP contribution in [0, 0.1) is 0 Å².